The van der Waals surface area contributed by atoms with Crippen LogP contribution in [-0.4, -0.2) is 53.1 Å². The predicted octanol–water partition coefficient (Wildman–Crippen LogP) is 3.69. The van der Waals surface area contributed by atoms with Crippen LogP contribution in [-0.2, 0) is 10.0 Å². The van der Waals surface area contributed by atoms with E-state index in [1.165, 1.54) is 40.9 Å². The smallest absolute Gasteiger partial charge is 0.296 e. The molecule has 33 heavy (non-hydrogen) atoms. The molecule has 3 heterocycles. The third kappa shape index (κ3) is 5.47. The number of rotatable bonds is 7. The van der Waals surface area contributed by atoms with Crippen molar-refractivity contribution in [2.75, 3.05) is 18.4 Å². The minimum Gasteiger partial charge on any atom is -0.296 e. The number of hydrogen-bond acceptors (Lipinski definition) is 10. The summed E-state index contributed by atoms with van der Waals surface area (Å²) in [6.07, 6.45) is 4.16. The monoisotopic (exact) mass is 506 g/mol. The maximum absolute atomic E-state index is 12.7. The molecule has 0 saturated carbocycles. The lowest BCUT2D eigenvalue weighted by Gasteiger charge is -2.25. The third-order valence-corrected chi connectivity index (χ3v) is 8.43. The van der Waals surface area contributed by atoms with E-state index in [0.29, 0.717) is 18.0 Å². The van der Waals surface area contributed by atoms with Gasteiger partial charge in [0.15, 0.2) is 0 Å². The zero-order valence-electron chi connectivity index (χ0n) is 17.1. The molecule has 172 valence electrons. The van der Waals surface area contributed by atoms with Crippen LogP contribution in [0.25, 0.3) is 0 Å². The number of hydrogen-bond donors (Lipinski definition) is 1. The summed E-state index contributed by atoms with van der Waals surface area (Å²) in [5.41, 5.74) is 0.277. The first-order valence-corrected chi connectivity index (χ1v) is 12.9. The summed E-state index contributed by atoms with van der Waals surface area (Å²) in [4.78, 5) is 27.6. The summed E-state index contributed by atoms with van der Waals surface area (Å²) in [5, 5.41) is 21.5. The van der Waals surface area contributed by atoms with Gasteiger partial charge in [0, 0.05) is 30.9 Å². The number of piperidine rings is 1. The molecule has 1 saturated heterocycles. The van der Waals surface area contributed by atoms with E-state index in [4.69, 9.17) is 0 Å². The summed E-state index contributed by atoms with van der Waals surface area (Å²) in [6, 6.07) is 8.72. The van der Waals surface area contributed by atoms with Crippen LogP contribution in [0.1, 0.15) is 34.5 Å². The van der Waals surface area contributed by atoms with Gasteiger partial charge in [-0.25, -0.2) is 13.4 Å². The van der Waals surface area contributed by atoms with Gasteiger partial charge in [0.2, 0.25) is 20.3 Å². The van der Waals surface area contributed by atoms with Gasteiger partial charge in [-0.15, -0.1) is 10.2 Å². The van der Waals surface area contributed by atoms with E-state index in [1.807, 2.05) is 0 Å². The van der Waals surface area contributed by atoms with Crippen molar-refractivity contribution in [2.45, 2.75) is 24.2 Å². The standard InChI is InChI=1S/C19H18N6O5S3/c26-17(13-4-7-15(8-5-13)33(29,30)24-10-2-1-3-11-24)21-19-23-22-18(32-19)20-12-14-6-9-16(31-14)25(27)28/h4-9,12H,1-3,10-11H2,(H,21,23,26). The molecule has 1 aromatic carbocycles. The maximum Gasteiger partial charge on any atom is 0.324 e. The van der Waals surface area contributed by atoms with Crippen molar-refractivity contribution in [3.63, 3.8) is 0 Å². The quantitative estimate of drug-likeness (QED) is 0.292. The number of nitrogens with zero attached hydrogens (tertiary/aromatic N) is 5. The second kappa shape index (κ2) is 9.82. The van der Waals surface area contributed by atoms with Crippen LogP contribution < -0.4 is 5.32 Å². The Balaban J connectivity index is 1.39. The van der Waals surface area contributed by atoms with Crippen LogP contribution in [0.5, 0.6) is 0 Å². The van der Waals surface area contributed by atoms with Crippen molar-refractivity contribution in [2.24, 2.45) is 4.99 Å². The number of carbonyl (C=O) groups excluding carboxylic acids is 1. The molecule has 0 spiro atoms. The highest BCUT2D eigenvalue weighted by atomic mass is 32.2. The normalized spacial score (nSPS) is 15.0. The average Bonchev–Trinajstić information content (AvgIpc) is 3.48. The molecule has 0 bridgehead atoms. The zero-order chi connectivity index (χ0) is 23.4. The van der Waals surface area contributed by atoms with Gasteiger partial charge in [-0.05, 0) is 43.2 Å². The highest BCUT2D eigenvalue weighted by molar-refractivity contribution is 7.89. The van der Waals surface area contributed by atoms with Gasteiger partial charge >= 0.3 is 5.00 Å². The van der Waals surface area contributed by atoms with E-state index in [9.17, 15) is 23.3 Å². The molecular weight excluding hydrogens is 488 g/mol. The van der Waals surface area contributed by atoms with E-state index in [0.717, 1.165) is 41.9 Å². The molecule has 0 aliphatic carbocycles. The summed E-state index contributed by atoms with van der Waals surface area (Å²) in [7, 11) is -3.56. The number of aromatic nitrogens is 2. The Labute approximate surface area is 197 Å². The van der Waals surface area contributed by atoms with Gasteiger partial charge in [-0.1, -0.05) is 29.1 Å². The van der Waals surface area contributed by atoms with Gasteiger partial charge in [0.25, 0.3) is 5.91 Å². The second-order valence-electron chi connectivity index (χ2n) is 7.02. The number of aliphatic imine (C=N–C) groups is 1. The van der Waals surface area contributed by atoms with Crippen LogP contribution in [0.4, 0.5) is 15.3 Å². The van der Waals surface area contributed by atoms with Gasteiger partial charge < -0.3 is 0 Å². The zero-order valence-corrected chi connectivity index (χ0v) is 19.5. The number of benzene rings is 1. The Morgan fingerprint density at radius 3 is 2.48 bits per heavy atom. The number of amides is 1. The number of carbonyl (C=O) groups is 1. The maximum atomic E-state index is 12.7. The Bertz CT molecular complexity index is 1290. The molecule has 1 amide bonds. The average molecular weight is 507 g/mol. The molecule has 0 unspecified atom stereocenters. The fourth-order valence-electron chi connectivity index (χ4n) is 3.15. The van der Waals surface area contributed by atoms with Crippen LogP contribution >= 0.6 is 22.7 Å². The first-order valence-electron chi connectivity index (χ1n) is 9.86. The number of nitrogens with one attached hydrogen (secondary N) is 1. The predicted molar refractivity (Wildman–Crippen MR) is 125 cm³/mol. The molecule has 3 aromatic rings. The molecule has 1 fully saturated rings. The summed E-state index contributed by atoms with van der Waals surface area (Å²) in [5.74, 6) is -0.461. The topological polar surface area (TPSA) is 148 Å². The summed E-state index contributed by atoms with van der Waals surface area (Å²) < 4.78 is 26.9. The van der Waals surface area contributed by atoms with E-state index in [1.54, 1.807) is 6.07 Å². The number of thiophene rings is 1. The molecule has 1 aliphatic heterocycles. The fourth-order valence-corrected chi connectivity index (χ4v) is 5.94. The first-order chi connectivity index (χ1) is 15.8. The van der Waals surface area contributed by atoms with Crippen molar-refractivity contribution in [1.29, 1.82) is 0 Å². The van der Waals surface area contributed by atoms with Crippen molar-refractivity contribution < 1.29 is 18.1 Å². The van der Waals surface area contributed by atoms with E-state index in [-0.39, 0.29) is 25.7 Å². The molecule has 14 heteroatoms. The lowest BCUT2D eigenvalue weighted by molar-refractivity contribution is -0.380. The number of nitro groups is 1. The van der Waals surface area contributed by atoms with E-state index >= 15 is 0 Å². The lowest BCUT2D eigenvalue weighted by atomic mass is 10.2. The third-order valence-electron chi connectivity index (χ3n) is 4.80. The highest BCUT2D eigenvalue weighted by Gasteiger charge is 2.26. The Kier molecular flexibility index (Phi) is 6.88. The minimum absolute atomic E-state index is 0.0106. The van der Waals surface area contributed by atoms with Crippen LogP contribution in [0.3, 0.4) is 0 Å². The molecule has 1 aliphatic rings. The Morgan fingerprint density at radius 2 is 1.82 bits per heavy atom. The first kappa shape index (κ1) is 23.1. The van der Waals surface area contributed by atoms with Gasteiger partial charge in [-0.2, -0.15) is 4.31 Å². The largest absolute Gasteiger partial charge is 0.324 e. The second-order valence-corrected chi connectivity index (χ2v) is 11.0. The van der Waals surface area contributed by atoms with Gasteiger partial charge in [0.05, 0.1) is 14.7 Å². The number of anilines is 1. The van der Waals surface area contributed by atoms with Crippen molar-refractivity contribution in [1.82, 2.24) is 14.5 Å². The molecule has 11 nitrogen and oxygen atoms in total. The molecule has 1 N–H and O–H groups in total. The van der Waals surface area contributed by atoms with Crippen molar-refractivity contribution in [3.05, 3.63) is 57.0 Å². The summed E-state index contributed by atoms with van der Waals surface area (Å²) in [6.45, 7) is 1.02. The number of sulfonamides is 1. The molecule has 4 rings (SSSR count). The van der Waals surface area contributed by atoms with Crippen molar-refractivity contribution >= 4 is 60.1 Å². The van der Waals surface area contributed by atoms with E-state index in [2.05, 4.69) is 20.5 Å². The molecule has 0 radical (unpaired) electrons. The van der Waals surface area contributed by atoms with Gasteiger partial charge in [-0.3, -0.25) is 20.2 Å². The van der Waals surface area contributed by atoms with E-state index < -0.39 is 20.9 Å². The molecule has 0 atom stereocenters. The van der Waals surface area contributed by atoms with Crippen LogP contribution in [0, 0.1) is 10.1 Å². The Hall–Kier alpha value is -3.07. The van der Waals surface area contributed by atoms with Crippen molar-refractivity contribution in [3.8, 4) is 0 Å². The lowest BCUT2D eigenvalue weighted by Crippen LogP contribution is -2.35. The fraction of sp³-hybridized carbons (Fsp3) is 0.263. The van der Waals surface area contributed by atoms with Gasteiger partial charge in [0.1, 0.15) is 0 Å². The highest BCUT2D eigenvalue weighted by Crippen LogP contribution is 2.26. The van der Waals surface area contributed by atoms with Crippen LogP contribution in [0.2, 0.25) is 0 Å². The minimum atomic E-state index is -3.56. The molecule has 2 aromatic heterocycles. The molecular formula is C19H18N6O5S3. The SMILES string of the molecule is O=C(Nc1nnc(N=Cc2ccc([N+](=O)[O-])s2)s1)c1ccc(S(=O)(=O)N2CCCCC2)cc1. The van der Waals surface area contributed by atoms with Crippen LogP contribution in [0.15, 0.2) is 46.3 Å². The summed E-state index contributed by atoms with van der Waals surface area (Å²) >= 11 is 2.01. The Morgan fingerprint density at radius 1 is 1.09 bits per heavy atom.